The number of sulfone groups is 1. The Hall–Kier alpha value is -2.07. The van der Waals surface area contributed by atoms with Crippen molar-refractivity contribution in [1.29, 1.82) is 5.26 Å². The summed E-state index contributed by atoms with van der Waals surface area (Å²) < 4.78 is 34.0. The molecule has 0 spiro atoms. The van der Waals surface area contributed by atoms with Gasteiger partial charge in [0, 0.05) is 12.2 Å². The number of rotatable bonds is 5. The van der Waals surface area contributed by atoms with Crippen molar-refractivity contribution >= 4 is 15.8 Å². The second-order valence-electron chi connectivity index (χ2n) is 5.20. The molecule has 0 heterocycles. The molecule has 118 valence electrons. The zero-order chi connectivity index (χ0) is 16.5. The van der Waals surface area contributed by atoms with E-state index in [-0.39, 0.29) is 6.61 Å². The molecule has 1 aliphatic rings. The molecule has 0 unspecified atom stereocenters. The Morgan fingerprint density at radius 2 is 1.95 bits per heavy atom. The highest BCUT2D eigenvalue weighted by atomic mass is 32.2. The number of carbonyl (C=O) groups is 1. The predicted molar refractivity (Wildman–Crippen MR) is 79.0 cm³/mol. The van der Waals surface area contributed by atoms with Gasteiger partial charge in [-0.05, 0) is 24.6 Å². The summed E-state index contributed by atoms with van der Waals surface area (Å²) in [6.07, 6.45) is 1.03. The number of carbonyl (C=O) groups excluding carboxylic acids is 1. The largest absolute Gasteiger partial charge is 0.497 e. The number of esters is 1. The molecule has 1 aromatic rings. The summed E-state index contributed by atoms with van der Waals surface area (Å²) in [6.45, 7) is 1.71. The number of hydrogen-bond donors (Lipinski definition) is 0. The van der Waals surface area contributed by atoms with E-state index in [1.54, 1.807) is 31.2 Å². The van der Waals surface area contributed by atoms with Gasteiger partial charge in [0.05, 0.1) is 19.8 Å². The predicted octanol–water partition coefficient (Wildman–Crippen LogP) is 1.28. The van der Waals surface area contributed by atoms with Crippen LogP contribution in [0.5, 0.6) is 5.75 Å². The first-order valence-electron chi connectivity index (χ1n) is 6.74. The summed E-state index contributed by atoms with van der Waals surface area (Å²) in [5.74, 6) is -0.898. The van der Waals surface area contributed by atoms with Crippen LogP contribution in [-0.2, 0) is 19.4 Å². The van der Waals surface area contributed by atoms with Crippen molar-refractivity contribution in [3.05, 3.63) is 29.8 Å². The second-order valence-corrected chi connectivity index (χ2v) is 7.37. The summed E-state index contributed by atoms with van der Waals surface area (Å²) in [5.41, 5.74) is -1.07. The van der Waals surface area contributed by atoms with Crippen molar-refractivity contribution in [1.82, 2.24) is 0 Å². The van der Waals surface area contributed by atoms with Crippen molar-refractivity contribution in [3.63, 3.8) is 0 Å². The Morgan fingerprint density at radius 3 is 2.36 bits per heavy atom. The molecule has 0 aliphatic heterocycles. The highest BCUT2D eigenvalue weighted by Crippen LogP contribution is 2.63. The SMILES string of the molecule is CCOC(=O)[C@]1(C#N)[C@@H](c2ccc(OC)cc2)[C@@H]1S(C)(=O)=O. The Labute approximate surface area is 129 Å². The van der Waals surface area contributed by atoms with Gasteiger partial charge in [-0.15, -0.1) is 0 Å². The number of hydrogen-bond acceptors (Lipinski definition) is 6. The molecule has 2 rings (SSSR count). The molecule has 3 atom stereocenters. The standard InChI is InChI=1S/C15H17NO5S/c1-4-21-14(17)15(9-16)12(13(15)22(3,18)19)10-5-7-11(20-2)8-6-10/h5-8,12-13H,4H2,1-3H3/t12-,13-,15+/m0/s1. The summed E-state index contributed by atoms with van der Waals surface area (Å²) in [6, 6.07) is 8.55. The van der Waals surface area contributed by atoms with E-state index >= 15 is 0 Å². The molecule has 7 heteroatoms. The number of nitriles is 1. The topological polar surface area (TPSA) is 93.5 Å². The van der Waals surface area contributed by atoms with E-state index in [0.29, 0.717) is 11.3 Å². The van der Waals surface area contributed by atoms with E-state index in [1.165, 1.54) is 7.11 Å². The average Bonchev–Trinajstić information content (AvgIpc) is 3.18. The van der Waals surface area contributed by atoms with Crippen LogP contribution in [0.15, 0.2) is 24.3 Å². The minimum absolute atomic E-state index is 0.0913. The fraction of sp³-hybridized carbons (Fsp3) is 0.467. The van der Waals surface area contributed by atoms with E-state index in [4.69, 9.17) is 9.47 Å². The molecule has 1 aromatic carbocycles. The van der Waals surface area contributed by atoms with E-state index in [9.17, 15) is 18.5 Å². The van der Waals surface area contributed by atoms with Gasteiger partial charge >= 0.3 is 5.97 Å². The van der Waals surface area contributed by atoms with Crippen LogP contribution < -0.4 is 4.74 Å². The Morgan fingerprint density at radius 1 is 1.36 bits per heavy atom. The minimum Gasteiger partial charge on any atom is -0.497 e. The van der Waals surface area contributed by atoms with Crippen LogP contribution in [0.1, 0.15) is 18.4 Å². The maximum Gasteiger partial charge on any atom is 0.328 e. The molecular weight excluding hydrogens is 306 g/mol. The maximum atomic E-state index is 12.2. The Balaban J connectivity index is 2.47. The summed E-state index contributed by atoms with van der Waals surface area (Å²) in [7, 11) is -2.06. The number of ether oxygens (including phenoxy) is 2. The molecule has 0 bridgehead atoms. The summed E-state index contributed by atoms with van der Waals surface area (Å²) >= 11 is 0. The average molecular weight is 323 g/mol. The monoisotopic (exact) mass is 323 g/mol. The van der Waals surface area contributed by atoms with Crippen LogP contribution in [0.2, 0.25) is 0 Å². The molecule has 0 saturated heterocycles. The first-order valence-corrected chi connectivity index (χ1v) is 8.69. The van der Waals surface area contributed by atoms with Crippen LogP contribution in [0.25, 0.3) is 0 Å². The summed E-state index contributed by atoms with van der Waals surface area (Å²) in [5, 5.41) is 8.39. The molecule has 6 nitrogen and oxygen atoms in total. The van der Waals surface area contributed by atoms with Gasteiger partial charge in [-0.2, -0.15) is 5.26 Å². The van der Waals surface area contributed by atoms with Crippen molar-refractivity contribution in [3.8, 4) is 11.8 Å². The third kappa shape index (κ3) is 2.44. The van der Waals surface area contributed by atoms with Crippen LogP contribution >= 0.6 is 0 Å². The minimum atomic E-state index is -3.58. The first kappa shape index (κ1) is 16.3. The van der Waals surface area contributed by atoms with Gasteiger partial charge in [0.2, 0.25) is 0 Å². The fourth-order valence-electron chi connectivity index (χ4n) is 2.86. The third-order valence-corrected chi connectivity index (χ3v) is 5.43. The molecule has 0 aromatic heterocycles. The fourth-order valence-corrected chi connectivity index (χ4v) is 4.62. The van der Waals surface area contributed by atoms with Crippen LogP contribution in [0.4, 0.5) is 0 Å². The van der Waals surface area contributed by atoms with Crippen molar-refractivity contribution in [2.45, 2.75) is 18.1 Å². The van der Waals surface area contributed by atoms with Gasteiger partial charge in [0.25, 0.3) is 0 Å². The lowest BCUT2D eigenvalue weighted by molar-refractivity contribution is -0.147. The number of benzene rings is 1. The van der Waals surface area contributed by atoms with E-state index < -0.39 is 32.4 Å². The Kier molecular flexibility index (Phi) is 4.16. The highest BCUT2D eigenvalue weighted by Gasteiger charge is 2.76. The second kappa shape index (κ2) is 5.61. The summed E-state index contributed by atoms with van der Waals surface area (Å²) in [4.78, 5) is 12.2. The normalized spacial score (nSPS) is 26.8. The number of nitrogens with zero attached hydrogens (tertiary/aromatic N) is 1. The molecular formula is C15H17NO5S. The van der Waals surface area contributed by atoms with Crippen molar-refractivity contribution < 1.29 is 22.7 Å². The number of methoxy groups -OCH3 is 1. The van der Waals surface area contributed by atoms with Gasteiger partial charge in [0.15, 0.2) is 15.3 Å². The van der Waals surface area contributed by atoms with Crippen molar-refractivity contribution in [2.75, 3.05) is 20.0 Å². The molecule has 1 aliphatic carbocycles. The van der Waals surface area contributed by atoms with Gasteiger partial charge in [-0.25, -0.2) is 8.42 Å². The van der Waals surface area contributed by atoms with Crippen LogP contribution in [-0.4, -0.2) is 39.6 Å². The maximum absolute atomic E-state index is 12.2. The van der Waals surface area contributed by atoms with Gasteiger partial charge in [-0.3, -0.25) is 4.79 Å². The highest BCUT2D eigenvalue weighted by molar-refractivity contribution is 7.91. The molecule has 22 heavy (non-hydrogen) atoms. The van der Waals surface area contributed by atoms with Gasteiger partial charge in [0.1, 0.15) is 11.0 Å². The first-order chi connectivity index (χ1) is 10.3. The molecule has 0 amide bonds. The van der Waals surface area contributed by atoms with E-state index in [0.717, 1.165) is 6.26 Å². The molecule has 0 radical (unpaired) electrons. The smallest absolute Gasteiger partial charge is 0.328 e. The zero-order valence-corrected chi connectivity index (χ0v) is 13.4. The molecule has 1 fully saturated rings. The Bertz CT molecular complexity index is 719. The van der Waals surface area contributed by atoms with Crippen LogP contribution in [0, 0.1) is 16.7 Å². The lowest BCUT2D eigenvalue weighted by Gasteiger charge is -2.08. The molecule has 1 saturated carbocycles. The quantitative estimate of drug-likeness (QED) is 0.758. The van der Waals surface area contributed by atoms with Gasteiger partial charge in [-0.1, -0.05) is 12.1 Å². The lowest BCUT2D eigenvalue weighted by atomic mass is 10.0. The van der Waals surface area contributed by atoms with Gasteiger partial charge < -0.3 is 9.47 Å². The van der Waals surface area contributed by atoms with Crippen molar-refractivity contribution in [2.24, 2.45) is 5.41 Å². The zero-order valence-electron chi connectivity index (χ0n) is 12.6. The molecule has 0 N–H and O–H groups in total. The van der Waals surface area contributed by atoms with Crippen LogP contribution in [0.3, 0.4) is 0 Å². The van der Waals surface area contributed by atoms with E-state index in [2.05, 4.69) is 0 Å². The lowest BCUT2D eigenvalue weighted by Crippen LogP contribution is -2.24. The third-order valence-electron chi connectivity index (χ3n) is 3.87. The van der Waals surface area contributed by atoms with E-state index in [1.807, 2.05) is 6.07 Å².